The first-order chi connectivity index (χ1) is 16.8. The van der Waals surface area contributed by atoms with Crippen LogP contribution in [0.3, 0.4) is 0 Å². The molecule has 0 bridgehead atoms. The molecule has 2 atom stereocenters. The van der Waals surface area contributed by atoms with Crippen LogP contribution in [0.25, 0.3) is 0 Å². The zero-order chi connectivity index (χ0) is 24.5. The standard InChI is InChI=1S/C30H44N2O3/c1-28(12-7-13-28)20-31-27(34)30(16-17-35-21-30)23-10-6-11-24(18-23)32-26(33)19-25(29(2)14-15-29)22-8-4-3-5-9-22/h6,10-11,18,22,25H,3-5,7-9,12-17,19-21H2,1-2H3,(H,31,34)(H,32,33). The van der Waals surface area contributed by atoms with Crippen LogP contribution in [0.5, 0.6) is 0 Å². The van der Waals surface area contributed by atoms with Crippen molar-refractivity contribution >= 4 is 17.5 Å². The zero-order valence-corrected chi connectivity index (χ0v) is 21.8. The first-order valence-corrected chi connectivity index (χ1v) is 14.1. The van der Waals surface area contributed by atoms with E-state index in [1.54, 1.807) is 0 Å². The van der Waals surface area contributed by atoms with Gasteiger partial charge in [0.2, 0.25) is 11.8 Å². The summed E-state index contributed by atoms with van der Waals surface area (Å²) in [6.07, 6.45) is 13.9. The number of hydrogen-bond acceptors (Lipinski definition) is 3. The third-order valence-electron chi connectivity index (χ3n) is 9.95. The second-order valence-electron chi connectivity index (χ2n) is 12.7. The lowest BCUT2D eigenvalue weighted by atomic mass is 9.70. The van der Waals surface area contributed by atoms with Gasteiger partial charge in [-0.3, -0.25) is 9.59 Å². The highest BCUT2D eigenvalue weighted by Crippen LogP contribution is 2.57. The van der Waals surface area contributed by atoms with Crippen molar-refractivity contribution in [2.75, 3.05) is 25.1 Å². The minimum Gasteiger partial charge on any atom is -0.380 e. The van der Waals surface area contributed by atoms with Crippen molar-refractivity contribution < 1.29 is 14.3 Å². The number of hydrogen-bond donors (Lipinski definition) is 2. The lowest BCUT2D eigenvalue weighted by Crippen LogP contribution is -2.49. The third kappa shape index (κ3) is 5.30. The molecular formula is C30H44N2O3. The molecule has 5 heteroatoms. The van der Waals surface area contributed by atoms with E-state index in [0.717, 1.165) is 17.8 Å². The van der Waals surface area contributed by atoms with Gasteiger partial charge in [0.15, 0.2) is 0 Å². The van der Waals surface area contributed by atoms with Crippen molar-refractivity contribution in [2.24, 2.45) is 22.7 Å². The van der Waals surface area contributed by atoms with E-state index >= 15 is 0 Å². The average molecular weight is 481 g/mol. The minimum absolute atomic E-state index is 0.0608. The minimum atomic E-state index is -0.674. The molecule has 3 aliphatic carbocycles. The van der Waals surface area contributed by atoms with Crippen molar-refractivity contribution in [1.82, 2.24) is 5.32 Å². The Bertz CT molecular complexity index is 921. The van der Waals surface area contributed by atoms with Gasteiger partial charge in [-0.15, -0.1) is 0 Å². The molecule has 1 heterocycles. The normalized spacial score (nSPS) is 28.1. The van der Waals surface area contributed by atoms with Gasteiger partial charge in [0, 0.05) is 25.3 Å². The SMILES string of the molecule is CC1(CNC(=O)C2(c3cccc(NC(=O)CC(C4CCCCC4)C4(C)CC4)c3)CCOC2)CCC1. The van der Waals surface area contributed by atoms with Gasteiger partial charge >= 0.3 is 0 Å². The lowest BCUT2D eigenvalue weighted by molar-refractivity contribution is -0.127. The summed E-state index contributed by atoms with van der Waals surface area (Å²) in [6.45, 7) is 6.35. The van der Waals surface area contributed by atoms with Gasteiger partial charge in [-0.1, -0.05) is 64.5 Å². The number of carbonyl (C=O) groups excluding carboxylic acids is 2. The van der Waals surface area contributed by atoms with Crippen molar-refractivity contribution in [2.45, 2.75) is 96.3 Å². The molecule has 35 heavy (non-hydrogen) atoms. The summed E-state index contributed by atoms with van der Waals surface area (Å²) < 4.78 is 5.75. The quantitative estimate of drug-likeness (QED) is 0.457. The molecule has 3 saturated carbocycles. The summed E-state index contributed by atoms with van der Waals surface area (Å²) >= 11 is 0. The third-order valence-corrected chi connectivity index (χ3v) is 9.95. The fourth-order valence-corrected chi connectivity index (χ4v) is 6.92. The summed E-state index contributed by atoms with van der Waals surface area (Å²) in [5.41, 5.74) is 1.65. The second-order valence-corrected chi connectivity index (χ2v) is 12.7. The monoisotopic (exact) mass is 480 g/mol. The van der Waals surface area contributed by atoms with Crippen molar-refractivity contribution in [3.05, 3.63) is 29.8 Å². The maximum absolute atomic E-state index is 13.4. The van der Waals surface area contributed by atoms with E-state index in [-0.39, 0.29) is 17.2 Å². The Kier molecular flexibility index (Phi) is 7.00. The van der Waals surface area contributed by atoms with Crippen LogP contribution in [-0.4, -0.2) is 31.6 Å². The first kappa shape index (κ1) is 24.8. The Morgan fingerprint density at radius 1 is 1.03 bits per heavy atom. The molecule has 0 radical (unpaired) electrons. The summed E-state index contributed by atoms with van der Waals surface area (Å²) in [6, 6.07) is 7.94. The Morgan fingerprint density at radius 3 is 2.43 bits per heavy atom. The van der Waals surface area contributed by atoms with Crippen LogP contribution in [0.2, 0.25) is 0 Å². The summed E-state index contributed by atoms with van der Waals surface area (Å²) in [7, 11) is 0. The lowest BCUT2D eigenvalue weighted by Gasteiger charge is -2.39. The summed E-state index contributed by atoms with van der Waals surface area (Å²) in [4.78, 5) is 26.7. The highest BCUT2D eigenvalue weighted by Gasteiger charge is 2.48. The first-order valence-electron chi connectivity index (χ1n) is 14.1. The largest absolute Gasteiger partial charge is 0.380 e. The van der Waals surface area contributed by atoms with Crippen LogP contribution in [0.1, 0.15) is 96.5 Å². The Labute approximate surface area is 211 Å². The Balaban J connectivity index is 1.26. The highest BCUT2D eigenvalue weighted by molar-refractivity contribution is 5.92. The van der Waals surface area contributed by atoms with Crippen LogP contribution in [0.4, 0.5) is 5.69 Å². The number of anilines is 1. The van der Waals surface area contributed by atoms with Gasteiger partial charge in [-0.05, 0) is 72.5 Å². The molecule has 192 valence electrons. The predicted octanol–water partition coefficient (Wildman–Crippen LogP) is 5.98. The molecule has 1 saturated heterocycles. The average Bonchev–Trinajstić information content (AvgIpc) is 3.39. The van der Waals surface area contributed by atoms with Gasteiger partial charge in [0.05, 0.1) is 12.0 Å². The van der Waals surface area contributed by atoms with Crippen LogP contribution < -0.4 is 10.6 Å². The van der Waals surface area contributed by atoms with Crippen molar-refractivity contribution in [3.8, 4) is 0 Å². The summed E-state index contributed by atoms with van der Waals surface area (Å²) in [5.74, 6) is 1.35. The van der Waals surface area contributed by atoms with E-state index in [9.17, 15) is 9.59 Å². The number of benzene rings is 1. The van der Waals surface area contributed by atoms with Gasteiger partial charge in [-0.2, -0.15) is 0 Å². The fourth-order valence-electron chi connectivity index (χ4n) is 6.92. The van der Waals surface area contributed by atoms with Crippen LogP contribution in [0.15, 0.2) is 24.3 Å². The van der Waals surface area contributed by atoms with Gasteiger partial charge in [0.25, 0.3) is 0 Å². The fraction of sp³-hybridized carbons (Fsp3) is 0.733. The number of nitrogens with one attached hydrogen (secondary N) is 2. The number of rotatable bonds is 9. The molecule has 1 aliphatic heterocycles. The molecule has 4 aliphatic rings. The van der Waals surface area contributed by atoms with E-state index in [1.165, 1.54) is 64.2 Å². The number of amides is 2. The van der Waals surface area contributed by atoms with Gasteiger partial charge in [0.1, 0.15) is 0 Å². The van der Waals surface area contributed by atoms with E-state index in [4.69, 9.17) is 4.74 Å². The summed E-state index contributed by atoms with van der Waals surface area (Å²) in [5, 5.41) is 6.44. The number of ether oxygens (including phenoxy) is 1. The van der Waals surface area contributed by atoms with E-state index < -0.39 is 5.41 Å². The predicted molar refractivity (Wildman–Crippen MR) is 139 cm³/mol. The molecule has 1 aromatic rings. The van der Waals surface area contributed by atoms with Crippen LogP contribution >= 0.6 is 0 Å². The highest BCUT2D eigenvalue weighted by atomic mass is 16.5. The topological polar surface area (TPSA) is 67.4 Å². The molecule has 4 fully saturated rings. The maximum Gasteiger partial charge on any atom is 0.233 e. The van der Waals surface area contributed by atoms with Crippen molar-refractivity contribution in [1.29, 1.82) is 0 Å². The Hall–Kier alpha value is -1.88. The Morgan fingerprint density at radius 2 is 1.80 bits per heavy atom. The molecule has 2 unspecified atom stereocenters. The molecule has 2 N–H and O–H groups in total. The van der Waals surface area contributed by atoms with E-state index in [2.05, 4.69) is 24.5 Å². The van der Waals surface area contributed by atoms with Gasteiger partial charge in [-0.25, -0.2) is 0 Å². The maximum atomic E-state index is 13.4. The molecule has 5 nitrogen and oxygen atoms in total. The number of carbonyl (C=O) groups is 2. The smallest absolute Gasteiger partial charge is 0.233 e. The molecular weight excluding hydrogens is 436 g/mol. The van der Waals surface area contributed by atoms with Crippen LogP contribution in [-0.2, 0) is 19.7 Å². The second kappa shape index (κ2) is 9.88. The molecule has 0 aromatic heterocycles. The van der Waals surface area contributed by atoms with E-state index in [0.29, 0.717) is 43.3 Å². The van der Waals surface area contributed by atoms with Gasteiger partial charge < -0.3 is 15.4 Å². The molecule has 1 aromatic carbocycles. The van der Waals surface area contributed by atoms with Crippen molar-refractivity contribution in [3.63, 3.8) is 0 Å². The molecule has 2 amide bonds. The van der Waals surface area contributed by atoms with Crippen LogP contribution in [0, 0.1) is 22.7 Å². The molecule has 5 rings (SSSR count). The zero-order valence-electron chi connectivity index (χ0n) is 21.8. The molecule has 0 spiro atoms. The van der Waals surface area contributed by atoms with E-state index in [1.807, 2.05) is 24.3 Å².